The third kappa shape index (κ3) is 3.27. The Morgan fingerprint density at radius 3 is 2.78 bits per heavy atom. The summed E-state index contributed by atoms with van der Waals surface area (Å²) in [6, 6.07) is 7.06. The maximum atomic E-state index is 13.1. The Balaban J connectivity index is 1.74. The third-order valence-electron chi connectivity index (χ3n) is 5.19. The zero-order valence-electron chi connectivity index (χ0n) is 15.5. The Hall–Kier alpha value is -2.90. The number of ether oxygens (including phenoxy) is 2. The predicted molar refractivity (Wildman–Crippen MR) is 98.2 cm³/mol. The quantitative estimate of drug-likeness (QED) is 0.829. The van der Waals surface area contributed by atoms with Gasteiger partial charge >= 0.3 is 5.97 Å². The fourth-order valence-corrected chi connectivity index (χ4v) is 3.85. The first-order valence-corrected chi connectivity index (χ1v) is 9.28. The van der Waals surface area contributed by atoms with E-state index in [0.29, 0.717) is 23.0 Å². The number of aromatic nitrogens is 4. The van der Waals surface area contributed by atoms with E-state index < -0.39 is 6.04 Å². The molecule has 1 saturated carbocycles. The number of methoxy groups -OCH3 is 1. The first-order chi connectivity index (χ1) is 13.2. The first kappa shape index (κ1) is 17.5. The van der Waals surface area contributed by atoms with Crippen LogP contribution in [-0.4, -0.2) is 39.4 Å². The van der Waals surface area contributed by atoms with E-state index in [1.165, 1.54) is 6.42 Å². The second kappa shape index (κ2) is 7.38. The molecular formula is C19H23N5O3. The van der Waals surface area contributed by atoms with Crippen molar-refractivity contribution < 1.29 is 14.3 Å². The fourth-order valence-electron chi connectivity index (χ4n) is 3.85. The van der Waals surface area contributed by atoms with Crippen LogP contribution in [0.15, 0.2) is 35.5 Å². The largest absolute Gasteiger partial charge is 0.496 e. The smallest absolute Gasteiger partial charge is 0.338 e. The van der Waals surface area contributed by atoms with Crippen LogP contribution < -0.4 is 10.1 Å². The summed E-state index contributed by atoms with van der Waals surface area (Å²) in [6.07, 6.45) is 5.21. The van der Waals surface area contributed by atoms with E-state index in [-0.39, 0.29) is 12.1 Å². The van der Waals surface area contributed by atoms with Gasteiger partial charge in [0.05, 0.1) is 12.7 Å². The Bertz CT molecular complexity index is 870. The van der Waals surface area contributed by atoms with E-state index >= 15 is 0 Å². The summed E-state index contributed by atoms with van der Waals surface area (Å²) in [5, 5.41) is 15.0. The number of carbonyl (C=O) groups is 1. The number of rotatable bonds is 4. The van der Waals surface area contributed by atoms with E-state index in [1.807, 2.05) is 31.2 Å². The van der Waals surface area contributed by atoms with Gasteiger partial charge in [0.25, 0.3) is 0 Å². The molecule has 0 bridgehead atoms. The minimum atomic E-state index is -0.511. The minimum Gasteiger partial charge on any atom is -0.496 e. The second-order valence-electron chi connectivity index (χ2n) is 6.92. The highest BCUT2D eigenvalue weighted by Gasteiger charge is 2.37. The molecule has 2 heterocycles. The summed E-state index contributed by atoms with van der Waals surface area (Å²) in [4.78, 5) is 13.1. The van der Waals surface area contributed by atoms with Gasteiger partial charge in [0, 0.05) is 11.3 Å². The van der Waals surface area contributed by atoms with Crippen LogP contribution in [0.2, 0.25) is 0 Å². The van der Waals surface area contributed by atoms with Crippen molar-refractivity contribution >= 4 is 11.9 Å². The van der Waals surface area contributed by atoms with Gasteiger partial charge in [-0.1, -0.05) is 29.7 Å². The van der Waals surface area contributed by atoms with Crippen LogP contribution in [0.3, 0.4) is 0 Å². The zero-order valence-corrected chi connectivity index (χ0v) is 15.5. The van der Waals surface area contributed by atoms with E-state index in [0.717, 1.165) is 31.2 Å². The van der Waals surface area contributed by atoms with Crippen molar-refractivity contribution in [3.63, 3.8) is 0 Å². The maximum absolute atomic E-state index is 13.1. The number of fused-ring (bicyclic) bond motifs is 1. The molecule has 1 aliphatic heterocycles. The number of benzene rings is 1. The number of hydrogen-bond donors (Lipinski definition) is 1. The van der Waals surface area contributed by atoms with Crippen molar-refractivity contribution in [3.05, 3.63) is 41.1 Å². The van der Waals surface area contributed by atoms with E-state index in [4.69, 9.17) is 9.47 Å². The molecule has 1 atom stereocenters. The number of nitrogens with zero attached hydrogens (tertiary/aromatic N) is 4. The first-order valence-electron chi connectivity index (χ1n) is 9.28. The van der Waals surface area contributed by atoms with Crippen LogP contribution in [0, 0.1) is 0 Å². The molecule has 0 radical (unpaired) electrons. The lowest BCUT2D eigenvalue weighted by atomic mass is 9.94. The van der Waals surface area contributed by atoms with Crippen LogP contribution in [0.1, 0.15) is 50.6 Å². The third-order valence-corrected chi connectivity index (χ3v) is 5.19. The van der Waals surface area contributed by atoms with Crippen molar-refractivity contribution in [1.82, 2.24) is 20.2 Å². The van der Waals surface area contributed by atoms with Gasteiger partial charge in [0.2, 0.25) is 5.95 Å². The molecule has 0 spiro atoms. The Morgan fingerprint density at radius 2 is 2.00 bits per heavy atom. The van der Waals surface area contributed by atoms with Crippen LogP contribution in [0.25, 0.3) is 0 Å². The molecule has 4 rings (SSSR count). The second-order valence-corrected chi connectivity index (χ2v) is 6.92. The molecule has 1 aliphatic carbocycles. The summed E-state index contributed by atoms with van der Waals surface area (Å²) < 4.78 is 13.0. The van der Waals surface area contributed by atoms with Crippen molar-refractivity contribution in [2.24, 2.45) is 0 Å². The molecule has 2 aliphatic rings. The number of anilines is 1. The number of esters is 1. The Kier molecular flexibility index (Phi) is 4.79. The number of carbonyl (C=O) groups excluding carboxylic acids is 1. The van der Waals surface area contributed by atoms with Crippen molar-refractivity contribution in [2.45, 2.75) is 51.2 Å². The van der Waals surface area contributed by atoms with Gasteiger partial charge in [-0.25, -0.2) is 4.79 Å². The van der Waals surface area contributed by atoms with Crippen molar-refractivity contribution in [3.8, 4) is 5.75 Å². The van der Waals surface area contributed by atoms with E-state index in [9.17, 15) is 4.79 Å². The maximum Gasteiger partial charge on any atom is 0.338 e. The number of allylic oxidation sites excluding steroid dienone is 1. The van der Waals surface area contributed by atoms with Gasteiger partial charge in [-0.15, -0.1) is 0 Å². The molecule has 0 unspecified atom stereocenters. The predicted octanol–water partition coefficient (Wildman–Crippen LogP) is 2.85. The van der Waals surface area contributed by atoms with Gasteiger partial charge < -0.3 is 14.8 Å². The van der Waals surface area contributed by atoms with Gasteiger partial charge in [-0.2, -0.15) is 4.68 Å². The summed E-state index contributed by atoms with van der Waals surface area (Å²) in [5.74, 6) is 0.822. The average molecular weight is 369 g/mol. The van der Waals surface area contributed by atoms with Crippen molar-refractivity contribution in [2.75, 3.05) is 12.4 Å². The van der Waals surface area contributed by atoms with Crippen LogP contribution >= 0.6 is 0 Å². The summed E-state index contributed by atoms with van der Waals surface area (Å²) in [5.41, 5.74) is 2.00. The van der Waals surface area contributed by atoms with Crippen LogP contribution in [-0.2, 0) is 9.53 Å². The molecule has 27 heavy (non-hydrogen) atoms. The molecule has 1 aromatic carbocycles. The standard InChI is InChI=1S/C19H23N5O3/c1-12-16(18(25)27-13-8-4-3-5-9-13)17(24-19(20-12)21-22-23-24)14-10-6-7-11-15(14)26-2/h6-7,10-11,13,17H,3-5,8-9H2,1-2H3,(H,20,21,23)/t17-/m1/s1. The molecule has 8 heteroatoms. The summed E-state index contributed by atoms with van der Waals surface area (Å²) in [6.45, 7) is 1.85. The Morgan fingerprint density at radius 1 is 1.22 bits per heavy atom. The highest BCUT2D eigenvalue weighted by molar-refractivity contribution is 5.92. The fraction of sp³-hybridized carbons (Fsp3) is 0.474. The number of hydrogen-bond acceptors (Lipinski definition) is 7. The summed E-state index contributed by atoms with van der Waals surface area (Å²) in [7, 11) is 1.61. The van der Waals surface area contributed by atoms with E-state index in [2.05, 4.69) is 20.8 Å². The number of para-hydroxylation sites is 1. The lowest BCUT2D eigenvalue weighted by Gasteiger charge is -2.30. The van der Waals surface area contributed by atoms with Gasteiger partial charge in [0.1, 0.15) is 17.9 Å². The van der Waals surface area contributed by atoms with Gasteiger partial charge in [-0.05, 0) is 49.1 Å². The molecule has 1 fully saturated rings. The molecule has 0 amide bonds. The summed E-state index contributed by atoms with van der Waals surface area (Å²) >= 11 is 0. The molecule has 0 saturated heterocycles. The monoisotopic (exact) mass is 369 g/mol. The number of nitrogens with one attached hydrogen (secondary N) is 1. The van der Waals surface area contributed by atoms with Crippen LogP contribution in [0.4, 0.5) is 5.95 Å². The molecule has 1 N–H and O–H groups in total. The van der Waals surface area contributed by atoms with Crippen LogP contribution in [0.5, 0.6) is 5.75 Å². The molecule has 1 aromatic heterocycles. The van der Waals surface area contributed by atoms with E-state index in [1.54, 1.807) is 11.8 Å². The Labute approximate surface area is 157 Å². The number of tetrazole rings is 1. The molecule has 142 valence electrons. The lowest BCUT2D eigenvalue weighted by Crippen LogP contribution is -2.32. The molecule has 2 aromatic rings. The molecular weight excluding hydrogens is 346 g/mol. The average Bonchev–Trinajstić information content (AvgIpc) is 3.15. The lowest BCUT2D eigenvalue weighted by molar-refractivity contribution is -0.146. The van der Waals surface area contributed by atoms with Crippen molar-refractivity contribution in [1.29, 1.82) is 0 Å². The SMILES string of the molecule is COc1ccccc1[C@@H]1C(C(=O)OC2CCCCC2)=C(C)Nc2nnnn21. The van der Waals surface area contributed by atoms with Gasteiger partial charge in [0.15, 0.2) is 0 Å². The zero-order chi connectivity index (χ0) is 18.8. The highest BCUT2D eigenvalue weighted by atomic mass is 16.5. The van der Waals surface area contributed by atoms with Gasteiger partial charge in [-0.3, -0.25) is 0 Å². The minimum absolute atomic E-state index is 0.0277. The normalized spacial score (nSPS) is 20.0. The highest BCUT2D eigenvalue weighted by Crippen LogP contribution is 2.39. The molecule has 8 nitrogen and oxygen atoms in total. The topological polar surface area (TPSA) is 91.2 Å².